The van der Waals surface area contributed by atoms with Crippen molar-refractivity contribution in [3.05, 3.63) is 22.8 Å². The number of aromatic amines is 2. The smallest absolute Gasteiger partial charge is 0.261 e. The van der Waals surface area contributed by atoms with Crippen LogP contribution in [0, 0.1) is 20.8 Å². The van der Waals surface area contributed by atoms with Crippen molar-refractivity contribution in [3.63, 3.8) is 0 Å². The zero-order chi connectivity index (χ0) is 11.7. The Labute approximate surface area is 91.7 Å². The number of hydrogen-bond acceptors (Lipinski definition) is 4. The van der Waals surface area contributed by atoms with Crippen LogP contribution in [-0.2, 0) is 0 Å². The van der Waals surface area contributed by atoms with Gasteiger partial charge in [-0.2, -0.15) is 10.1 Å². The molecule has 2 aromatic rings. The minimum absolute atomic E-state index is 0.261. The SMILES string of the molecule is Cc1nc(NC(=O)c2c(C)n[nH]c2C)n[nH]1. The second-order valence-electron chi connectivity index (χ2n) is 3.51. The van der Waals surface area contributed by atoms with Crippen LogP contribution in [0.5, 0.6) is 0 Å². The highest BCUT2D eigenvalue weighted by Gasteiger charge is 2.16. The number of nitrogens with one attached hydrogen (secondary N) is 3. The zero-order valence-electron chi connectivity index (χ0n) is 9.25. The molecule has 2 aromatic heterocycles. The lowest BCUT2D eigenvalue weighted by Gasteiger charge is -1.99. The van der Waals surface area contributed by atoms with E-state index < -0.39 is 0 Å². The van der Waals surface area contributed by atoms with Gasteiger partial charge in [0.1, 0.15) is 5.82 Å². The number of carbonyl (C=O) groups excluding carboxylic acids is 1. The number of hydrogen-bond donors (Lipinski definition) is 3. The lowest BCUT2D eigenvalue weighted by Crippen LogP contribution is -2.14. The minimum Gasteiger partial charge on any atom is -0.289 e. The van der Waals surface area contributed by atoms with Gasteiger partial charge in [-0.15, -0.1) is 5.10 Å². The molecule has 16 heavy (non-hydrogen) atoms. The largest absolute Gasteiger partial charge is 0.289 e. The average molecular weight is 220 g/mol. The Hall–Kier alpha value is -2.18. The quantitative estimate of drug-likeness (QED) is 0.693. The van der Waals surface area contributed by atoms with E-state index >= 15 is 0 Å². The van der Waals surface area contributed by atoms with E-state index in [0.717, 1.165) is 5.69 Å². The first kappa shape index (κ1) is 10.3. The summed E-state index contributed by atoms with van der Waals surface area (Å²) in [5, 5.41) is 15.8. The van der Waals surface area contributed by atoms with E-state index in [2.05, 4.69) is 30.7 Å². The van der Waals surface area contributed by atoms with E-state index in [4.69, 9.17) is 0 Å². The van der Waals surface area contributed by atoms with E-state index in [1.165, 1.54) is 0 Å². The van der Waals surface area contributed by atoms with Gasteiger partial charge in [0.2, 0.25) is 5.95 Å². The number of nitrogens with zero attached hydrogens (tertiary/aromatic N) is 3. The van der Waals surface area contributed by atoms with Crippen LogP contribution in [0.3, 0.4) is 0 Å². The van der Waals surface area contributed by atoms with Crippen LogP contribution in [0.1, 0.15) is 27.6 Å². The third-order valence-corrected chi connectivity index (χ3v) is 2.18. The highest BCUT2D eigenvalue weighted by Crippen LogP contribution is 2.11. The minimum atomic E-state index is -0.261. The van der Waals surface area contributed by atoms with Gasteiger partial charge in [0, 0.05) is 5.69 Å². The first-order valence-electron chi connectivity index (χ1n) is 4.80. The van der Waals surface area contributed by atoms with E-state index in [0.29, 0.717) is 17.1 Å². The number of rotatable bonds is 2. The fourth-order valence-electron chi connectivity index (χ4n) is 1.45. The Morgan fingerprint density at radius 1 is 1.19 bits per heavy atom. The Morgan fingerprint density at radius 2 is 1.94 bits per heavy atom. The highest BCUT2D eigenvalue weighted by atomic mass is 16.1. The summed E-state index contributed by atoms with van der Waals surface area (Å²) in [6.45, 7) is 5.32. The number of H-pyrrole nitrogens is 2. The molecular weight excluding hydrogens is 208 g/mol. The summed E-state index contributed by atoms with van der Waals surface area (Å²) in [4.78, 5) is 15.9. The maximum absolute atomic E-state index is 11.9. The van der Waals surface area contributed by atoms with Crippen molar-refractivity contribution in [2.45, 2.75) is 20.8 Å². The van der Waals surface area contributed by atoms with Crippen LogP contribution in [0.25, 0.3) is 0 Å². The fourth-order valence-corrected chi connectivity index (χ4v) is 1.45. The number of anilines is 1. The maximum atomic E-state index is 11.9. The van der Waals surface area contributed by atoms with E-state index in [1.54, 1.807) is 20.8 Å². The molecule has 0 aliphatic rings. The van der Waals surface area contributed by atoms with Gasteiger partial charge in [-0.3, -0.25) is 20.3 Å². The van der Waals surface area contributed by atoms with Gasteiger partial charge in [-0.1, -0.05) is 0 Å². The van der Waals surface area contributed by atoms with Crippen LogP contribution < -0.4 is 5.32 Å². The third kappa shape index (κ3) is 1.79. The van der Waals surface area contributed by atoms with Crippen molar-refractivity contribution in [1.82, 2.24) is 25.4 Å². The predicted molar refractivity (Wildman–Crippen MR) is 57.1 cm³/mol. The number of aromatic nitrogens is 5. The summed E-state index contributed by atoms with van der Waals surface area (Å²) in [5.41, 5.74) is 1.91. The van der Waals surface area contributed by atoms with Gasteiger partial charge in [0.25, 0.3) is 5.91 Å². The normalized spacial score (nSPS) is 10.4. The fraction of sp³-hybridized carbons (Fsp3) is 0.333. The highest BCUT2D eigenvalue weighted by molar-refractivity contribution is 6.04. The van der Waals surface area contributed by atoms with Crippen molar-refractivity contribution in [2.24, 2.45) is 0 Å². The molecule has 0 aliphatic carbocycles. The van der Waals surface area contributed by atoms with Crippen LogP contribution >= 0.6 is 0 Å². The van der Waals surface area contributed by atoms with Gasteiger partial charge >= 0.3 is 0 Å². The molecule has 1 amide bonds. The monoisotopic (exact) mass is 220 g/mol. The van der Waals surface area contributed by atoms with E-state index in [1.807, 2.05) is 0 Å². The summed E-state index contributed by atoms with van der Waals surface area (Å²) in [6, 6.07) is 0. The second-order valence-corrected chi connectivity index (χ2v) is 3.51. The molecule has 2 heterocycles. The van der Waals surface area contributed by atoms with Gasteiger partial charge < -0.3 is 0 Å². The number of amides is 1. The van der Waals surface area contributed by atoms with Crippen LogP contribution in [-0.4, -0.2) is 31.3 Å². The van der Waals surface area contributed by atoms with Gasteiger partial charge in [-0.05, 0) is 20.8 Å². The van der Waals surface area contributed by atoms with Crippen molar-refractivity contribution in [3.8, 4) is 0 Å². The van der Waals surface area contributed by atoms with E-state index in [9.17, 15) is 4.79 Å². The molecule has 0 saturated carbocycles. The van der Waals surface area contributed by atoms with Crippen LogP contribution in [0.4, 0.5) is 5.95 Å². The van der Waals surface area contributed by atoms with Crippen LogP contribution in [0.2, 0.25) is 0 Å². The Morgan fingerprint density at radius 3 is 2.44 bits per heavy atom. The topological polar surface area (TPSA) is 99.3 Å². The molecule has 0 aromatic carbocycles. The van der Waals surface area contributed by atoms with Crippen molar-refractivity contribution < 1.29 is 4.79 Å². The molecule has 7 nitrogen and oxygen atoms in total. The molecule has 3 N–H and O–H groups in total. The predicted octanol–water partition coefficient (Wildman–Crippen LogP) is 0.705. The summed E-state index contributed by atoms with van der Waals surface area (Å²) < 4.78 is 0. The summed E-state index contributed by atoms with van der Waals surface area (Å²) in [5.74, 6) is 0.654. The van der Waals surface area contributed by atoms with Crippen molar-refractivity contribution in [1.29, 1.82) is 0 Å². The summed E-state index contributed by atoms with van der Waals surface area (Å²) in [7, 11) is 0. The molecule has 0 atom stereocenters. The van der Waals surface area contributed by atoms with Crippen molar-refractivity contribution >= 4 is 11.9 Å². The first-order valence-corrected chi connectivity index (χ1v) is 4.80. The average Bonchev–Trinajstić information content (AvgIpc) is 2.74. The van der Waals surface area contributed by atoms with Crippen molar-refractivity contribution in [2.75, 3.05) is 5.32 Å². The molecule has 0 spiro atoms. The molecule has 0 radical (unpaired) electrons. The molecule has 84 valence electrons. The molecule has 0 aliphatic heterocycles. The van der Waals surface area contributed by atoms with E-state index in [-0.39, 0.29) is 11.9 Å². The first-order chi connectivity index (χ1) is 7.58. The van der Waals surface area contributed by atoms with Gasteiger partial charge in [-0.25, -0.2) is 0 Å². The Balaban J connectivity index is 2.21. The second kappa shape index (κ2) is 3.76. The molecule has 7 heteroatoms. The molecule has 0 fully saturated rings. The lowest BCUT2D eigenvalue weighted by molar-refractivity contribution is 0.102. The Bertz CT molecular complexity index is 506. The van der Waals surface area contributed by atoms with Gasteiger partial charge in [0.15, 0.2) is 0 Å². The molecule has 0 saturated heterocycles. The molecular formula is C9H12N6O. The zero-order valence-corrected chi connectivity index (χ0v) is 9.25. The summed E-state index contributed by atoms with van der Waals surface area (Å²) in [6.07, 6.45) is 0. The molecule has 0 bridgehead atoms. The standard InChI is InChI=1S/C9H12N6O/c1-4-7(5(2)13-12-4)8(16)11-9-10-6(3)14-15-9/h1-3H3,(H,12,13)(H2,10,11,14,15,16). The number of aryl methyl sites for hydroxylation is 3. The molecule has 2 rings (SSSR count). The molecule has 0 unspecified atom stereocenters. The van der Waals surface area contributed by atoms with Crippen LogP contribution in [0.15, 0.2) is 0 Å². The van der Waals surface area contributed by atoms with Gasteiger partial charge in [0.05, 0.1) is 11.3 Å². The number of carbonyl (C=O) groups is 1. The third-order valence-electron chi connectivity index (χ3n) is 2.18. The maximum Gasteiger partial charge on any atom is 0.261 e. The summed E-state index contributed by atoms with van der Waals surface area (Å²) >= 11 is 0. The lowest BCUT2D eigenvalue weighted by atomic mass is 10.2. The Kier molecular flexibility index (Phi) is 2.43.